The number of fused-ring (bicyclic) bond motifs is 1. The molecule has 2 aromatic rings. The summed E-state index contributed by atoms with van der Waals surface area (Å²) in [5.74, 6) is 0.656. The van der Waals surface area contributed by atoms with Gasteiger partial charge in [0, 0.05) is 5.57 Å². The van der Waals surface area contributed by atoms with Gasteiger partial charge < -0.3 is 4.42 Å². The van der Waals surface area contributed by atoms with E-state index in [4.69, 9.17) is 4.42 Å². The van der Waals surface area contributed by atoms with Crippen LogP contribution < -0.4 is 0 Å². The second kappa shape index (κ2) is 3.05. The minimum absolute atomic E-state index is 0.656. The van der Waals surface area contributed by atoms with Gasteiger partial charge >= 0.3 is 0 Å². The van der Waals surface area contributed by atoms with Crippen LogP contribution in [0.4, 0.5) is 0 Å². The van der Waals surface area contributed by atoms with E-state index in [1.807, 2.05) is 31.2 Å². The highest BCUT2D eigenvalue weighted by Gasteiger charge is 2.05. The first kappa shape index (κ1) is 8.05. The Morgan fingerprint density at radius 1 is 1.46 bits per heavy atom. The molecular formula is C11H11NO. The lowest BCUT2D eigenvalue weighted by atomic mass is 10.2. The van der Waals surface area contributed by atoms with Crippen molar-refractivity contribution in [3.63, 3.8) is 0 Å². The molecule has 0 unspecified atom stereocenters. The summed E-state index contributed by atoms with van der Waals surface area (Å²) in [4.78, 5) is 4.32. The molecule has 0 spiro atoms. The van der Waals surface area contributed by atoms with Crippen molar-refractivity contribution in [1.82, 2.24) is 4.98 Å². The van der Waals surface area contributed by atoms with Gasteiger partial charge in [-0.3, -0.25) is 0 Å². The molecule has 2 heteroatoms. The second-order valence-corrected chi connectivity index (χ2v) is 2.94. The molecule has 0 atom stereocenters. The van der Waals surface area contributed by atoms with E-state index in [9.17, 15) is 0 Å². The highest BCUT2D eigenvalue weighted by Crippen LogP contribution is 2.20. The predicted molar refractivity (Wildman–Crippen MR) is 53.3 cm³/mol. The molecule has 0 radical (unpaired) electrons. The Morgan fingerprint density at radius 3 is 2.92 bits per heavy atom. The molecule has 0 fully saturated rings. The standard InChI is InChI=1S/C11H11NO/c1-3-8(2)11-12-9-6-4-5-7-10(9)13-11/h4-7H,2-3H2,1H3. The van der Waals surface area contributed by atoms with Gasteiger partial charge in [-0.1, -0.05) is 25.6 Å². The van der Waals surface area contributed by atoms with Gasteiger partial charge in [0.15, 0.2) is 5.58 Å². The van der Waals surface area contributed by atoms with Crippen molar-refractivity contribution < 1.29 is 4.42 Å². The quantitative estimate of drug-likeness (QED) is 0.696. The molecule has 0 amide bonds. The van der Waals surface area contributed by atoms with Gasteiger partial charge in [-0.25, -0.2) is 4.98 Å². The molecule has 0 saturated heterocycles. The molecule has 0 N–H and O–H groups in total. The molecule has 1 aromatic heterocycles. The lowest BCUT2D eigenvalue weighted by molar-refractivity contribution is 0.582. The van der Waals surface area contributed by atoms with Crippen molar-refractivity contribution in [3.8, 4) is 0 Å². The molecule has 0 saturated carbocycles. The second-order valence-electron chi connectivity index (χ2n) is 2.94. The zero-order valence-corrected chi connectivity index (χ0v) is 7.58. The molecule has 13 heavy (non-hydrogen) atoms. The molecule has 0 aliphatic heterocycles. The van der Waals surface area contributed by atoms with Gasteiger partial charge in [0.25, 0.3) is 0 Å². The van der Waals surface area contributed by atoms with E-state index in [-0.39, 0.29) is 0 Å². The van der Waals surface area contributed by atoms with Crippen LogP contribution in [0.5, 0.6) is 0 Å². The summed E-state index contributed by atoms with van der Waals surface area (Å²) in [5, 5.41) is 0. The number of rotatable bonds is 2. The number of nitrogens with zero attached hydrogens (tertiary/aromatic N) is 1. The molecule has 1 heterocycles. The maximum absolute atomic E-state index is 5.51. The van der Waals surface area contributed by atoms with Gasteiger partial charge in [0.05, 0.1) is 0 Å². The topological polar surface area (TPSA) is 26.0 Å². The maximum atomic E-state index is 5.51. The number of allylic oxidation sites excluding steroid dienone is 1. The molecule has 1 aromatic carbocycles. The van der Waals surface area contributed by atoms with Crippen LogP contribution in [0.15, 0.2) is 35.3 Å². The van der Waals surface area contributed by atoms with E-state index >= 15 is 0 Å². The van der Waals surface area contributed by atoms with Crippen LogP contribution in [0, 0.1) is 0 Å². The van der Waals surface area contributed by atoms with Crippen LogP contribution in [-0.4, -0.2) is 4.98 Å². The number of para-hydroxylation sites is 2. The van der Waals surface area contributed by atoms with Crippen molar-refractivity contribution in [2.24, 2.45) is 0 Å². The Morgan fingerprint density at radius 2 is 2.23 bits per heavy atom. The Kier molecular flexibility index (Phi) is 1.89. The Labute approximate surface area is 76.9 Å². The first-order valence-corrected chi connectivity index (χ1v) is 4.35. The van der Waals surface area contributed by atoms with Crippen molar-refractivity contribution >= 4 is 16.7 Å². The number of oxazole rings is 1. The molecule has 2 rings (SSSR count). The summed E-state index contributed by atoms with van der Waals surface area (Å²) in [6.45, 7) is 5.92. The van der Waals surface area contributed by atoms with Gasteiger partial charge in [-0.2, -0.15) is 0 Å². The third kappa shape index (κ3) is 1.35. The number of aromatic nitrogens is 1. The molecular weight excluding hydrogens is 162 g/mol. The zero-order chi connectivity index (χ0) is 9.26. The number of benzene rings is 1. The van der Waals surface area contributed by atoms with E-state index < -0.39 is 0 Å². The smallest absolute Gasteiger partial charge is 0.222 e. The van der Waals surface area contributed by atoms with E-state index in [1.54, 1.807) is 0 Å². The van der Waals surface area contributed by atoms with Crippen LogP contribution in [0.1, 0.15) is 19.2 Å². The van der Waals surface area contributed by atoms with Crippen LogP contribution in [0.2, 0.25) is 0 Å². The summed E-state index contributed by atoms with van der Waals surface area (Å²) in [6.07, 6.45) is 0.868. The summed E-state index contributed by atoms with van der Waals surface area (Å²) in [6, 6.07) is 7.73. The molecule has 2 nitrogen and oxygen atoms in total. The molecule has 0 bridgehead atoms. The van der Waals surface area contributed by atoms with Crippen LogP contribution in [0.25, 0.3) is 16.7 Å². The van der Waals surface area contributed by atoms with Gasteiger partial charge in [-0.05, 0) is 18.6 Å². The van der Waals surface area contributed by atoms with E-state index in [1.165, 1.54) is 0 Å². The Bertz CT molecular complexity index is 409. The van der Waals surface area contributed by atoms with Crippen molar-refractivity contribution in [2.75, 3.05) is 0 Å². The molecule has 66 valence electrons. The fraction of sp³-hybridized carbons (Fsp3) is 0.182. The monoisotopic (exact) mass is 173 g/mol. The van der Waals surface area contributed by atoms with Gasteiger partial charge in [-0.15, -0.1) is 0 Å². The summed E-state index contributed by atoms with van der Waals surface area (Å²) < 4.78 is 5.51. The van der Waals surface area contributed by atoms with Crippen molar-refractivity contribution in [2.45, 2.75) is 13.3 Å². The maximum Gasteiger partial charge on any atom is 0.222 e. The highest BCUT2D eigenvalue weighted by atomic mass is 16.3. The first-order chi connectivity index (χ1) is 6.31. The van der Waals surface area contributed by atoms with Crippen LogP contribution in [-0.2, 0) is 0 Å². The average Bonchev–Trinajstić information content (AvgIpc) is 2.59. The minimum atomic E-state index is 0.656. The highest BCUT2D eigenvalue weighted by molar-refractivity contribution is 5.75. The zero-order valence-electron chi connectivity index (χ0n) is 7.58. The summed E-state index contributed by atoms with van der Waals surface area (Å²) in [7, 11) is 0. The summed E-state index contributed by atoms with van der Waals surface area (Å²) >= 11 is 0. The van der Waals surface area contributed by atoms with E-state index in [0.29, 0.717) is 5.89 Å². The third-order valence-electron chi connectivity index (χ3n) is 2.02. The van der Waals surface area contributed by atoms with Crippen molar-refractivity contribution in [3.05, 3.63) is 36.7 Å². The number of hydrogen-bond donors (Lipinski definition) is 0. The predicted octanol–water partition coefficient (Wildman–Crippen LogP) is 3.25. The normalized spacial score (nSPS) is 10.5. The third-order valence-corrected chi connectivity index (χ3v) is 2.02. The fourth-order valence-corrected chi connectivity index (χ4v) is 1.17. The lowest BCUT2D eigenvalue weighted by Gasteiger charge is -1.91. The minimum Gasteiger partial charge on any atom is -0.436 e. The largest absolute Gasteiger partial charge is 0.436 e. The van der Waals surface area contributed by atoms with E-state index in [0.717, 1.165) is 23.1 Å². The molecule has 0 aliphatic rings. The van der Waals surface area contributed by atoms with Crippen LogP contribution >= 0.6 is 0 Å². The lowest BCUT2D eigenvalue weighted by Crippen LogP contribution is -1.78. The van der Waals surface area contributed by atoms with Gasteiger partial charge in [0.2, 0.25) is 5.89 Å². The first-order valence-electron chi connectivity index (χ1n) is 4.35. The SMILES string of the molecule is C=C(CC)c1nc2ccccc2o1. The fourth-order valence-electron chi connectivity index (χ4n) is 1.17. The Balaban J connectivity index is 2.56. The Hall–Kier alpha value is -1.57. The molecule has 0 aliphatic carbocycles. The van der Waals surface area contributed by atoms with E-state index in [2.05, 4.69) is 11.6 Å². The van der Waals surface area contributed by atoms with Crippen LogP contribution in [0.3, 0.4) is 0 Å². The van der Waals surface area contributed by atoms with Crippen molar-refractivity contribution in [1.29, 1.82) is 0 Å². The number of hydrogen-bond acceptors (Lipinski definition) is 2. The van der Waals surface area contributed by atoms with Gasteiger partial charge in [0.1, 0.15) is 5.52 Å². The average molecular weight is 173 g/mol. The summed E-state index contributed by atoms with van der Waals surface area (Å²) in [5.41, 5.74) is 2.66.